The third kappa shape index (κ3) is 4.11. The molecule has 0 radical (unpaired) electrons. The Morgan fingerprint density at radius 3 is 2.47 bits per heavy atom. The van der Waals surface area contributed by atoms with E-state index < -0.39 is 0 Å². The number of allylic oxidation sites excluding steroid dienone is 2. The van der Waals surface area contributed by atoms with E-state index in [4.69, 9.17) is 0 Å². The van der Waals surface area contributed by atoms with E-state index in [1.54, 1.807) is 0 Å². The molecule has 0 bridgehead atoms. The van der Waals surface area contributed by atoms with Crippen molar-refractivity contribution in [3.63, 3.8) is 0 Å². The molecule has 0 aliphatic heterocycles. The van der Waals surface area contributed by atoms with Gasteiger partial charge in [0.05, 0.1) is 6.10 Å². The first-order valence-corrected chi connectivity index (χ1v) is 6.84. The zero-order valence-electron chi connectivity index (χ0n) is 11.7. The molecule has 0 aromatic heterocycles. The maximum atomic E-state index is 9.24. The van der Waals surface area contributed by atoms with Crippen LogP contribution in [-0.4, -0.2) is 22.9 Å². The smallest absolute Gasteiger partial charge is 0.0515 e. The lowest BCUT2D eigenvalue weighted by atomic mass is 10.0. The minimum Gasteiger partial charge on any atom is -0.396 e. The van der Waals surface area contributed by atoms with Crippen molar-refractivity contribution in [3.8, 4) is 0 Å². The van der Waals surface area contributed by atoms with Crippen LogP contribution in [0.1, 0.15) is 53.4 Å². The molecule has 1 saturated carbocycles. The van der Waals surface area contributed by atoms with Crippen molar-refractivity contribution in [1.82, 2.24) is 0 Å². The van der Waals surface area contributed by atoms with Gasteiger partial charge in [-0.3, -0.25) is 0 Å². The summed E-state index contributed by atoms with van der Waals surface area (Å²) in [6.07, 6.45) is 6.20. The molecule has 2 heteroatoms. The Labute approximate surface area is 106 Å². The highest BCUT2D eigenvalue weighted by molar-refractivity contribution is 5.07. The van der Waals surface area contributed by atoms with Gasteiger partial charge in [0, 0.05) is 6.61 Å². The molecule has 1 aliphatic carbocycles. The van der Waals surface area contributed by atoms with Crippen LogP contribution in [0.2, 0.25) is 0 Å². The first-order chi connectivity index (χ1) is 7.89. The van der Waals surface area contributed by atoms with E-state index in [0.29, 0.717) is 23.9 Å². The number of hydrogen-bond acceptors (Lipinski definition) is 2. The van der Waals surface area contributed by atoms with Gasteiger partial charge in [-0.1, -0.05) is 25.5 Å². The largest absolute Gasteiger partial charge is 0.396 e. The molecule has 17 heavy (non-hydrogen) atoms. The van der Waals surface area contributed by atoms with Crippen molar-refractivity contribution < 1.29 is 10.2 Å². The lowest BCUT2D eigenvalue weighted by Gasteiger charge is -2.04. The summed E-state index contributed by atoms with van der Waals surface area (Å²) in [5.41, 5.74) is 1.76. The summed E-state index contributed by atoms with van der Waals surface area (Å²) < 4.78 is 0. The Balaban J connectivity index is 2.23. The Bertz CT molecular complexity index is 266. The highest BCUT2D eigenvalue weighted by Gasteiger charge is 2.56. The van der Waals surface area contributed by atoms with Crippen molar-refractivity contribution in [2.45, 2.75) is 59.5 Å². The van der Waals surface area contributed by atoms with Crippen LogP contribution in [0.25, 0.3) is 0 Å². The van der Waals surface area contributed by atoms with Gasteiger partial charge in [0.15, 0.2) is 0 Å². The van der Waals surface area contributed by atoms with Crippen LogP contribution < -0.4 is 0 Å². The summed E-state index contributed by atoms with van der Waals surface area (Å²) in [6.45, 7) is 8.85. The Morgan fingerprint density at radius 2 is 2.00 bits per heavy atom. The van der Waals surface area contributed by atoms with Gasteiger partial charge in [-0.25, -0.2) is 0 Å². The molecule has 2 N–H and O–H groups in total. The van der Waals surface area contributed by atoms with E-state index >= 15 is 0 Å². The van der Waals surface area contributed by atoms with Gasteiger partial charge in [-0.2, -0.15) is 0 Å². The Morgan fingerprint density at radius 1 is 1.35 bits per heavy atom. The van der Waals surface area contributed by atoms with Crippen molar-refractivity contribution >= 4 is 0 Å². The van der Waals surface area contributed by atoms with Crippen molar-refractivity contribution in [1.29, 1.82) is 0 Å². The molecule has 3 atom stereocenters. The highest BCUT2D eigenvalue weighted by Crippen LogP contribution is 2.60. The molecule has 1 aliphatic rings. The normalized spacial score (nSPS) is 29.2. The third-order valence-corrected chi connectivity index (χ3v) is 4.41. The second-order valence-electron chi connectivity index (χ2n) is 6.23. The number of rotatable bonds is 7. The molecule has 3 unspecified atom stereocenters. The van der Waals surface area contributed by atoms with Crippen LogP contribution in [0.15, 0.2) is 11.6 Å². The lowest BCUT2D eigenvalue weighted by Crippen LogP contribution is -1.97. The van der Waals surface area contributed by atoms with Crippen LogP contribution in [0.4, 0.5) is 0 Å². The van der Waals surface area contributed by atoms with E-state index in [1.807, 2.05) is 6.92 Å². The summed E-state index contributed by atoms with van der Waals surface area (Å²) in [7, 11) is 0. The molecule has 0 amide bonds. The minimum atomic E-state index is -0.194. The summed E-state index contributed by atoms with van der Waals surface area (Å²) in [4.78, 5) is 0. The summed E-state index contributed by atoms with van der Waals surface area (Å²) in [6, 6.07) is 0. The summed E-state index contributed by atoms with van der Waals surface area (Å²) in [5, 5.41) is 18.4. The molecule has 0 aromatic carbocycles. The first kappa shape index (κ1) is 14.7. The zero-order chi connectivity index (χ0) is 13.1. The molecular weight excluding hydrogens is 212 g/mol. The fraction of sp³-hybridized carbons (Fsp3) is 0.867. The Kier molecular flexibility index (Phi) is 5.21. The van der Waals surface area contributed by atoms with E-state index in [2.05, 4.69) is 26.8 Å². The molecule has 1 fully saturated rings. The van der Waals surface area contributed by atoms with Crippen LogP contribution in [0.3, 0.4) is 0 Å². The van der Waals surface area contributed by atoms with Gasteiger partial charge >= 0.3 is 0 Å². The highest BCUT2D eigenvalue weighted by atomic mass is 16.3. The lowest BCUT2D eigenvalue weighted by molar-refractivity contribution is 0.186. The number of aliphatic hydroxyl groups excluding tert-OH is 2. The van der Waals surface area contributed by atoms with Crippen LogP contribution >= 0.6 is 0 Å². The molecule has 0 saturated heterocycles. The van der Waals surface area contributed by atoms with E-state index in [9.17, 15) is 10.2 Å². The molecule has 0 spiro atoms. The van der Waals surface area contributed by atoms with Gasteiger partial charge in [0.1, 0.15) is 0 Å². The van der Waals surface area contributed by atoms with E-state index in [0.717, 1.165) is 19.3 Å². The van der Waals surface area contributed by atoms with Crippen molar-refractivity contribution in [2.24, 2.45) is 17.3 Å². The predicted octanol–water partition coefficient (Wildman–Crippen LogP) is 3.14. The van der Waals surface area contributed by atoms with Crippen LogP contribution in [-0.2, 0) is 0 Å². The minimum absolute atomic E-state index is 0.194. The van der Waals surface area contributed by atoms with Gasteiger partial charge in [0.2, 0.25) is 0 Å². The fourth-order valence-corrected chi connectivity index (χ4v) is 2.85. The predicted molar refractivity (Wildman–Crippen MR) is 71.8 cm³/mol. The van der Waals surface area contributed by atoms with E-state index in [-0.39, 0.29) is 6.10 Å². The second kappa shape index (κ2) is 6.01. The molecule has 1 rings (SSSR count). The molecule has 100 valence electrons. The van der Waals surface area contributed by atoms with Gasteiger partial charge < -0.3 is 10.2 Å². The fourth-order valence-electron chi connectivity index (χ4n) is 2.85. The zero-order valence-corrected chi connectivity index (χ0v) is 11.7. The topological polar surface area (TPSA) is 40.5 Å². The SMILES string of the molecule is CC(=CCCC(C)O)CCC1C(CO)C1(C)C. The molecule has 0 aromatic rings. The second-order valence-corrected chi connectivity index (χ2v) is 6.23. The average molecular weight is 240 g/mol. The average Bonchev–Trinajstić information content (AvgIpc) is 2.75. The van der Waals surface area contributed by atoms with Crippen molar-refractivity contribution in [2.75, 3.05) is 6.61 Å². The molecular formula is C15H28O2. The molecule has 0 heterocycles. The first-order valence-electron chi connectivity index (χ1n) is 6.84. The van der Waals surface area contributed by atoms with E-state index in [1.165, 1.54) is 12.0 Å². The van der Waals surface area contributed by atoms with Gasteiger partial charge in [0.25, 0.3) is 0 Å². The quantitative estimate of drug-likeness (QED) is 0.671. The number of hydrogen-bond donors (Lipinski definition) is 2. The van der Waals surface area contributed by atoms with Crippen LogP contribution in [0, 0.1) is 17.3 Å². The van der Waals surface area contributed by atoms with Crippen molar-refractivity contribution in [3.05, 3.63) is 11.6 Å². The maximum absolute atomic E-state index is 9.24. The van der Waals surface area contributed by atoms with Crippen LogP contribution in [0.5, 0.6) is 0 Å². The molecule has 2 nitrogen and oxygen atoms in total. The number of aliphatic hydroxyl groups is 2. The maximum Gasteiger partial charge on any atom is 0.0515 e. The van der Waals surface area contributed by atoms with Gasteiger partial charge in [-0.05, 0) is 56.8 Å². The third-order valence-electron chi connectivity index (χ3n) is 4.41. The summed E-state index contributed by atoms with van der Waals surface area (Å²) >= 11 is 0. The Hall–Kier alpha value is -0.340. The summed E-state index contributed by atoms with van der Waals surface area (Å²) in [5.74, 6) is 1.19. The standard InChI is InChI=1S/C15H28O2/c1-11(6-5-7-12(2)17)8-9-13-14(10-16)15(13,3)4/h6,12-14,16-17H,5,7-10H2,1-4H3. The van der Waals surface area contributed by atoms with Gasteiger partial charge in [-0.15, -0.1) is 0 Å². The monoisotopic (exact) mass is 240 g/mol.